The van der Waals surface area contributed by atoms with Crippen molar-refractivity contribution in [2.45, 2.75) is 6.42 Å². The number of aliphatic imine (C=N–C) groups is 1. The van der Waals surface area contributed by atoms with Gasteiger partial charge in [-0.15, -0.1) is 0 Å². The first-order valence-electron chi connectivity index (χ1n) is 5.64. The van der Waals surface area contributed by atoms with Crippen molar-refractivity contribution in [2.24, 2.45) is 4.99 Å². The number of aromatic hydroxyl groups is 1. The van der Waals surface area contributed by atoms with Crippen molar-refractivity contribution < 1.29 is 5.11 Å². The zero-order valence-electron chi connectivity index (χ0n) is 9.75. The van der Waals surface area contributed by atoms with E-state index in [1.165, 1.54) is 0 Å². The fourth-order valence-electron chi connectivity index (χ4n) is 1.53. The molecule has 0 saturated heterocycles. The average Bonchev–Trinajstić information content (AvgIpc) is 2.38. The Morgan fingerprint density at radius 3 is 2.83 bits per heavy atom. The van der Waals surface area contributed by atoms with Crippen molar-refractivity contribution in [1.29, 1.82) is 0 Å². The van der Waals surface area contributed by atoms with Crippen molar-refractivity contribution in [3.05, 3.63) is 58.9 Å². The van der Waals surface area contributed by atoms with E-state index >= 15 is 0 Å². The molecule has 0 fully saturated rings. The molecule has 2 rings (SSSR count). The Kier molecular flexibility index (Phi) is 4.31. The van der Waals surface area contributed by atoms with E-state index in [1.807, 2.05) is 18.2 Å². The zero-order chi connectivity index (χ0) is 12.8. The highest BCUT2D eigenvalue weighted by atomic mass is 35.5. The quantitative estimate of drug-likeness (QED) is 0.859. The molecular weight excluding hydrogens is 248 g/mol. The third-order valence-corrected chi connectivity index (χ3v) is 2.80. The van der Waals surface area contributed by atoms with Gasteiger partial charge in [0.2, 0.25) is 0 Å². The Balaban J connectivity index is 1.96. The second-order valence-corrected chi connectivity index (χ2v) is 4.19. The van der Waals surface area contributed by atoms with Gasteiger partial charge >= 0.3 is 0 Å². The monoisotopic (exact) mass is 260 g/mol. The van der Waals surface area contributed by atoms with Crippen molar-refractivity contribution in [2.75, 3.05) is 6.54 Å². The molecule has 0 saturated carbocycles. The molecular formula is C14H13ClN2O. The van der Waals surface area contributed by atoms with Gasteiger partial charge in [0.05, 0.1) is 10.6 Å². The average molecular weight is 261 g/mol. The molecule has 0 atom stereocenters. The van der Waals surface area contributed by atoms with Crippen LogP contribution in [0, 0.1) is 0 Å². The Morgan fingerprint density at radius 2 is 2.11 bits per heavy atom. The van der Waals surface area contributed by atoms with Crippen molar-refractivity contribution in [1.82, 2.24) is 4.98 Å². The standard InChI is InChI=1S/C14H13ClN2O/c15-13-5-3-6-14(18)12(13)10-16-9-7-11-4-1-2-8-17-11/h1-6,8,10,18H,7,9H2. The van der Waals surface area contributed by atoms with E-state index in [0.717, 1.165) is 12.1 Å². The Labute approximate surface area is 111 Å². The molecule has 1 aromatic heterocycles. The van der Waals surface area contributed by atoms with E-state index in [4.69, 9.17) is 11.6 Å². The molecule has 0 aliphatic heterocycles. The van der Waals surface area contributed by atoms with E-state index in [2.05, 4.69) is 9.98 Å². The number of pyridine rings is 1. The molecule has 1 N–H and O–H groups in total. The summed E-state index contributed by atoms with van der Waals surface area (Å²) in [5.41, 5.74) is 1.55. The van der Waals surface area contributed by atoms with Crippen LogP contribution >= 0.6 is 11.6 Å². The minimum atomic E-state index is 0.143. The number of rotatable bonds is 4. The van der Waals surface area contributed by atoms with Crippen LogP contribution in [0.1, 0.15) is 11.3 Å². The van der Waals surface area contributed by atoms with Crippen LogP contribution < -0.4 is 0 Å². The summed E-state index contributed by atoms with van der Waals surface area (Å²) in [5, 5.41) is 10.1. The lowest BCUT2D eigenvalue weighted by Gasteiger charge is -2.00. The molecule has 2 aromatic rings. The topological polar surface area (TPSA) is 45.5 Å². The number of halogens is 1. The van der Waals surface area contributed by atoms with E-state index in [9.17, 15) is 5.11 Å². The number of hydrogen-bond donors (Lipinski definition) is 1. The number of nitrogens with zero attached hydrogens (tertiary/aromatic N) is 2. The van der Waals surface area contributed by atoms with Crippen LogP contribution in [0.15, 0.2) is 47.6 Å². The summed E-state index contributed by atoms with van der Waals surface area (Å²) >= 11 is 5.96. The van der Waals surface area contributed by atoms with Gasteiger partial charge < -0.3 is 5.11 Å². The summed E-state index contributed by atoms with van der Waals surface area (Å²) in [4.78, 5) is 8.46. The van der Waals surface area contributed by atoms with Gasteiger partial charge in [-0.1, -0.05) is 23.7 Å². The number of phenols is 1. The predicted molar refractivity (Wildman–Crippen MR) is 73.5 cm³/mol. The molecule has 1 aromatic carbocycles. The van der Waals surface area contributed by atoms with Gasteiger partial charge in [0.1, 0.15) is 5.75 Å². The highest BCUT2D eigenvalue weighted by Crippen LogP contribution is 2.22. The molecule has 92 valence electrons. The SMILES string of the molecule is Oc1cccc(Cl)c1C=NCCc1ccccn1. The van der Waals surface area contributed by atoms with Crippen LogP contribution in [0.5, 0.6) is 5.75 Å². The molecule has 0 aliphatic carbocycles. The highest BCUT2D eigenvalue weighted by molar-refractivity contribution is 6.33. The molecule has 0 spiro atoms. The first-order chi connectivity index (χ1) is 8.77. The van der Waals surface area contributed by atoms with Crippen LogP contribution in [-0.4, -0.2) is 22.8 Å². The van der Waals surface area contributed by atoms with Crippen molar-refractivity contribution >= 4 is 17.8 Å². The van der Waals surface area contributed by atoms with Gasteiger partial charge in [-0.05, 0) is 24.3 Å². The van der Waals surface area contributed by atoms with Gasteiger partial charge in [0.15, 0.2) is 0 Å². The summed E-state index contributed by atoms with van der Waals surface area (Å²) in [5.74, 6) is 0.143. The maximum atomic E-state index is 9.62. The summed E-state index contributed by atoms with van der Waals surface area (Å²) in [6, 6.07) is 10.8. The van der Waals surface area contributed by atoms with Gasteiger partial charge in [-0.25, -0.2) is 0 Å². The van der Waals surface area contributed by atoms with Crippen LogP contribution in [-0.2, 0) is 6.42 Å². The van der Waals surface area contributed by atoms with Gasteiger partial charge in [-0.3, -0.25) is 9.98 Å². The molecule has 1 heterocycles. The van der Waals surface area contributed by atoms with Gasteiger partial charge in [-0.2, -0.15) is 0 Å². The first kappa shape index (κ1) is 12.6. The number of phenolic OH excluding ortho intramolecular Hbond substituents is 1. The van der Waals surface area contributed by atoms with Gasteiger partial charge in [0, 0.05) is 31.1 Å². The fourth-order valence-corrected chi connectivity index (χ4v) is 1.75. The van der Waals surface area contributed by atoms with Crippen LogP contribution in [0.2, 0.25) is 5.02 Å². The Bertz CT molecular complexity index is 520. The lowest BCUT2D eigenvalue weighted by Crippen LogP contribution is -1.93. The Morgan fingerprint density at radius 1 is 1.22 bits per heavy atom. The zero-order valence-corrected chi connectivity index (χ0v) is 10.5. The fraction of sp³-hybridized carbons (Fsp3) is 0.143. The number of benzene rings is 1. The van der Waals surface area contributed by atoms with Crippen LogP contribution in [0.3, 0.4) is 0 Å². The highest BCUT2D eigenvalue weighted by Gasteiger charge is 2.02. The largest absolute Gasteiger partial charge is 0.507 e. The minimum Gasteiger partial charge on any atom is -0.507 e. The summed E-state index contributed by atoms with van der Waals surface area (Å²) < 4.78 is 0. The van der Waals surface area contributed by atoms with E-state index in [0.29, 0.717) is 17.1 Å². The first-order valence-corrected chi connectivity index (χ1v) is 6.02. The summed E-state index contributed by atoms with van der Waals surface area (Å²) in [6.45, 7) is 0.613. The van der Waals surface area contributed by atoms with Crippen molar-refractivity contribution in [3.63, 3.8) is 0 Å². The third-order valence-electron chi connectivity index (χ3n) is 2.47. The maximum Gasteiger partial charge on any atom is 0.125 e. The van der Waals surface area contributed by atoms with Crippen LogP contribution in [0.4, 0.5) is 0 Å². The summed E-state index contributed by atoms with van der Waals surface area (Å²) in [7, 11) is 0. The molecule has 0 unspecified atom stereocenters. The normalized spacial score (nSPS) is 10.9. The van der Waals surface area contributed by atoms with Crippen molar-refractivity contribution in [3.8, 4) is 5.75 Å². The van der Waals surface area contributed by atoms with Crippen LogP contribution in [0.25, 0.3) is 0 Å². The smallest absolute Gasteiger partial charge is 0.125 e. The second kappa shape index (κ2) is 6.17. The molecule has 3 nitrogen and oxygen atoms in total. The molecule has 0 bridgehead atoms. The molecule has 0 radical (unpaired) electrons. The maximum absolute atomic E-state index is 9.62. The molecule has 0 amide bonds. The minimum absolute atomic E-state index is 0.143. The predicted octanol–water partition coefficient (Wildman–Crippen LogP) is 3.10. The van der Waals surface area contributed by atoms with E-state index in [1.54, 1.807) is 30.6 Å². The van der Waals surface area contributed by atoms with E-state index in [-0.39, 0.29) is 5.75 Å². The number of hydrogen-bond acceptors (Lipinski definition) is 3. The van der Waals surface area contributed by atoms with E-state index < -0.39 is 0 Å². The second-order valence-electron chi connectivity index (χ2n) is 3.78. The molecule has 18 heavy (non-hydrogen) atoms. The molecule has 0 aliphatic rings. The third kappa shape index (κ3) is 3.31. The lowest BCUT2D eigenvalue weighted by molar-refractivity contribution is 0.474. The molecule has 4 heteroatoms. The van der Waals surface area contributed by atoms with Gasteiger partial charge in [0.25, 0.3) is 0 Å². The Hall–Kier alpha value is -1.87. The summed E-state index contributed by atoms with van der Waals surface area (Å²) in [6.07, 6.45) is 4.13. The number of aromatic nitrogens is 1. The lowest BCUT2D eigenvalue weighted by atomic mass is 10.2.